The molecule has 0 aromatic heterocycles. The van der Waals surface area contributed by atoms with Gasteiger partial charge in [-0.2, -0.15) is 0 Å². The summed E-state index contributed by atoms with van der Waals surface area (Å²) in [5.41, 5.74) is 0.519. The van der Waals surface area contributed by atoms with Gasteiger partial charge in [-0.3, -0.25) is 0 Å². The molecule has 0 aliphatic carbocycles. The number of esters is 2. The summed E-state index contributed by atoms with van der Waals surface area (Å²) in [7, 11) is 1.26. The van der Waals surface area contributed by atoms with E-state index in [0.29, 0.717) is 5.69 Å². The average molecular weight is 322 g/mol. The number of ether oxygens (including phenoxy) is 2. The number of hydrogen-bond acceptors (Lipinski definition) is 5. The molecule has 7 nitrogen and oxygen atoms in total. The van der Waals surface area contributed by atoms with Gasteiger partial charge in [0.15, 0.2) is 0 Å². The Balaban J connectivity index is 2.83. The number of carbonyl (C=O) groups excluding carboxylic acids is 3. The van der Waals surface area contributed by atoms with Gasteiger partial charge in [-0.05, 0) is 25.0 Å². The number of para-hydroxylation sites is 1. The molecule has 2 amide bonds. The van der Waals surface area contributed by atoms with Crippen LogP contribution >= 0.6 is 0 Å². The van der Waals surface area contributed by atoms with Crippen LogP contribution in [0, 0.1) is 5.92 Å². The highest BCUT2D eigenvalue weighted by Gasteiger charge is 2.25. The third-order valence-corrected chi connectivity index (χ3v) is 3.07. The quantitative estimate of drug-likeness (QED) is 0.783. The first kappa shape index (κ1) is 18.5. The zero-order chi connectivity index (χ0) is 17.4. The van der Waals surface area contributed by atoms with E-state index in [1.165, 1.54) is 13.2 Å². The topological polar surface area (TPSA) is 93.7 Å². The van der Waals surface area contributed by atoms with Crippen molar-refractivity contribution in [3.8, 4) is 0 Å². The first-order valence-electron chi connectivity index (χ1n) is 7.32. The van der Waals surface area contributed by atoms with Gasteiger partial charge in [0.1, 0.15) is 6.04 Å². The number of benzene rings is 1. The molecule has 0 fully saturated rings. The van der Waals surface area contributed by atoms with Crippen molar-refractivity contribution in [2.24, 2.45) is 5.92 Å². The fourth-order valence-corrected chi connectivity index (χ4v) is 1.91. The monoisotopic (exact) mass is 322 g/mol. The lowest BCUT2D eigenvalue weighted by Crippen LogP contribution is -2.47. The van der Waals surface area contributed by atoms with Crippen LogP contribution in [0.15, 0.2) is 24.3 Å². The van der Waals surface area contributed by atoms with Crippen LogP contribution in [0.4, 0.5) is 10.5 Å². The van der Waals surface area contributed by atoms with Crippen molar-refractivity contribution >= 4 is 23.7 Å². The number of nitrogens with one attached hydrogen (secondary N) is 2. The Morgan fingerprint density at radius 3 is 2.39 bits per heavy atom. The Bertz CT molecular complexity index is 571. The molecule has 2 N–H and O–H groups in total. The summed E-state index contributed by atoms with van der Waals surface area (Å²) in [4.78, 5) is 35.6. The molecule has 1 unspecified atom stereocenters. The maximum Gasteiger partial charge on any atom is 0.339 e. The Morgan fingerprint density at radius 1 is 1.17 bits per heavy atom. The molecule has 0 aliphatic heterocycles. The first-order valence-corrected chi connectivity index (χ1v) is 7.32. The fraction of sp³-hybridized carbons (Fsp3) is 0.438. The van der Waals surface area contributed by atoms with E-state index in [1.54, 1.807) is 39.0 Å². The van der Waals surface area contributed by atoms with Crippen molar-refractivity contribution in [3.05, 3.63) is 29.8 Å². The fourth-order valence-electron chi connectivity index (χ4n) is 1.91. The third kappa shape index (κ3) is 5.28. The van der Waals surface area contributed by atoms with Gasteiger partial charge in [-0.25, -0.2) is 14.4 Å². The van der Waals surface area contributed by atoms with Gasteiger partial charge in [0.2, 0.25) is 0 Å². The molecule has 23 heavy (non-hydrogen) atoms. The van der Waals surface area contributed by atoms with Crippen LogP contribution < -0.4 is 10.6 Å². The van der Waals surface area contributed by atoms with Gasteiger partial charge < -0.3 is 20.1 Å². The van der Waals surface area contributed by atoms with Crippen molar-refractivity contribution < 1.29 is 23.9 Å². The van der Waals surface area contributed by atoms with E-state index < -0.39 is 24.0 Å². The van der Waals surface area contributed by atoms with E-state index in [-0.39, 0.29) is 18.1 Å². The standard InChI is InChI=1S/C16H22N2O5/c1-5-23-15(20)13(10(2)3)18-16(21)17-12-9-7-6-8-11(12)14(19)22-4/h6-10,13H,5H2,1-4H3,(H2,17,18,21). The normalized spacial score (nSPS) is 11.5. The van der Waals surface area contributed by atoms with Crippen molar-refractivity contribution in [2.75, 3.05) is 19.0 Å². The summed E-state index contributed by atoms with van der Waals surface area (Å²) in [5.74, 6) is -1.21. The summed E-state index contributed by atoms with van der Waals surface area (Å²) in [6.45, 7) is 5.52. The van der Waals surface area contributed by atoms with Crippen molar-refractivity contribution in [1.29, 1.82) is 0 Å². The highest BCUT2D eigenvalue weighted by atomic mass is 16.5. The first-order chi connectivity index (χ1) is 10.9. The lowest BCUT2D eigenvalue weighted by Gasteiger charge is -2.21. The Morgan fingerprint density at radius 2 is 1.83 bits per heavy atom. The van der Waals surface area contributed by atoms with Gasteiger partial charge in [0, 0.05) is 0 Å². The Kier molecular flexibility index (Phi) is 7.05. The van der Waals surface area contributed by atoms with Crippen molar-refractivity contribution in [1.82, 2.24) is 5.32 Å². The SMILES string of the molecule is CCOC(=O)C(NC(=O)Nc1ccccc1C(=O)OC)C(C)C. The molecule has 126 valence electrons. The van der Waals surface area contributed by atoms with Crippen LogP contribution in [-0.2, 0) is 14.3 Å². The molecule has 0 bridgehead atoms. The Labute approximate surface area is 135 Å². The number of amides is 2. The predicted molar refractivity (Wildman–Crippen MR) is 85.2 cm³/mol. The van der Waals surface area contributed by atoms with Gasteiger partial charge in [0.05, 0.1) is 25.0 Å². The van der Waals surface area contributed by atoms with E-state index >= 15 is 0 Å². The molecule has 7 heteroatoms. The molecular weight excluding hydrogens is 300 g/mol. The number of hydrogen-bond donors (Lipinski definition) is 2. The highest BCUT2D eigenvalue weighted by Crippen LogP contribution is 2.16. The third-order valence-electron chi connectivity index (χ3n) is 3.07. The van der Waals surface area contributed by atoms with Gasteiger partial charge >= 0.3 is 18.0 Å². The zero-order valence-electron chi connectivity index (χ0n) is 13.7. The van der Waals surface area contributed by atoms with E-state index in [4.69, 9.17) is 4.74 Å². The summed E-state index contributed by atoms with van der Waals surface area (Å²) in [6.07, 6.45) is 0. The van der Waals surface area contributed by atoms with Crippen LogP contribution in [0.25, 0.3) is 0 Å². The summed E-state index contributed by atoms with van der Waals surface area (Å²) in [5, 5.41) is 5.11. The molecule has 0 heterocycles. The van der Waals surface area contributed by atoms with E-state index in [2.05, 4.69) is 15.4 Å². The second-order valence-corrected chi connectivity index (χ2v) is 5.11. The summed E-state index contributed by atoms with van der Waals surface area (Å²) < 4.78 is 9.60. The summed E-state index contributed by atoms with van der Waals surface area (Å²) >= 11 is 0. The number of urea groups is 1. The molecular formula is C16H22N2O5. The highest BCUT2D eigenvalue weighted by molar-refractivity contribution is 6.01. The predicted octanol–water partition coefficient (Wildman–Crippen LogP) is 2.18. The molecule has 0 saturated heterocycles. The largest absolute Gasteiger partial charge is 0.465 e. The maximum absolute atomic E-state index is 12.1. The number of methoxy groups -OCH3 is 1. The minimum Gasteiger partial charge on any atom is -0.465 e. The van der Waals surface area contributed by atoms with Crippen LogP contribution in [0.1, 0.15) is 31.1 Å². The lowest BCUT2D eigenvalue weighted by molar-refractivity contribution is -0.146. The number of carbonyl (C=O) groups is 3. The molecule has 1 aromatic rings. The van der Waals surface area contributed by atoms with E-state index in [9.17, 15) is 14.4 Å². The van der Waals surface area contributed by atoms with E-state index in [0.717, 1.165) is 0 Å². The molecule has 0 saturated carbocycles. The van der Waals surface area contributed by atoms with Crippen molar-refractivity contribution in [3.63, 3.8) is 0 Å². The van der Waals surface area contributed by atoms with Gasteiger partial charge in [0.25, 0.3) is 0 Å². The van der Waals surface area contributed by atoms with Crippen molar-refractivity contribution in [2.45, 2.75) is 26.8 Å². The second-order valence-electron chi connectivity index (χ2n) is 5.11. The molecule has 1 rings (SSSR count). The van der Waals surface area contributed by atoms with Crippen LogP contribution in [0.3, 0.4) is 0 Å². The van der Waals surface area contributed by atoms with Gasteiger partial charge in [-0.15, -0.1) is 0 Å². The smallest absolute Gasteiger partial charge is 0.339 e. The molecule has 1 atom stereocenters. The second kappa shape index (κ2) is 8.77. The van der Waals surface area contributed by atoms with Crippen LogP contribution in [0.5, 0.6) is 0 Å². The molecule has 0 radical (unpaired) electrons. The molecule has 0 aliphatic rings. The summed E-state index contributed by atoms with van der Waals surface area (Å²) in [6, 6.07) is 5.05. The maximum atomic E-state index is 12.1. The minimum atomic E-state index is -0.778. The molecule has 1 aromatic carbocycles. The average Bonchev–Trinajstić information content (AvgIpc) is 2.52. The molecule has 0 spiro atoms. The Hall–Kier alpha value is -2.57. The minimum absolute atomic E-state index is 0.143. The zero-order valence-corrected chi connectivity index (χ0v) is 13.7. The van der Waals surface area contributed by atoms with Crippen LogP contribution in [0.2, 0.25) is 0 Å². The van der Waals surface area contributed by atoms with E-state index in [1.807, 2.05) is 0 Å². The number of rotatable bonds is 6. The van der Waals surface area contributed by atoms with Gasteiger partial charge in [-0.1, -0.05) is 26.0 Å². The lowest BCUT2D eigenvalue weighted by atomic mass is 10.1. The van der Waals surface area contributed by atoms with Crippen LogP contribution in [-0.4, -0.2) is 37.7 Å². The number of anilines is 1.